The first-order valence-electron chi connectivity index (χ1n) is 7.06. The zero-order chi connectivity index (χ0) is 12.6. The highest BCUT2D eigenvalue weighted by molar-refractivity contribution is 5.48. The summed E-state index contributed by atoms with van der Waals surface area (Å²) in [6, 6.07) is 9.01. The van der Waals surface area contributed by atoms with Crippen LogP contribution in [0.2, 0.25) is 0 Å². The Hall–Kier alpha value is -1.28. The maximum absolute atomic E-state index is 3.46. The highest BCUT2D eigenvalue weighted by Gasteiger charge is 2.11. The lowest BCUT2D eigenvalue weighted by Gasteiger charge is -2.17. The van der Waals surface area contributed by atoms with Gasteiger partial charge in [-0.15, -0.1) is 0 Å². The van der Waals surface area contributed by atoms with Gasteiger partial charge in [-0.2, -0.15) is 0 Å². The second-order valence-electron chi connectivity index (χ2n) is 4.90. The van der Waals surface area contributed by atoms with Crippen molar-refractivity contribution < 1.29 is 0 Å². The number of nitrogens with zero attached hydrogens (tertiary/aromatic N) is 1. The topological polar surface area (TPSA) is 15.3 Å². The molecule has 2 heteroatoms. The molecule has 2 nitrogen and oxygen atoms in total. The Kier molecular flexibility index (Phi) is 5.28. The first-order chi connectivity index (χ1) is 8.90. The van der Waals surface area contributed by atoms with E-state index in [1.165, 1.54) is 37.2 Å². The first kappa shape index (κ1) is 13.2. The molecule has 18 heavy (non-hydrogen) atoms. The summed E-state index contributed by atoms with van der Waals surface area (Å²) in [4.78, 5) is 2.48. The van der Waals surface area contributed by atoms with E-state index in [0.717, 1.165) is 19.5 Å². The zero-order valence-corrected chi connectivity index (χ0v) is 11.4. The van der Waals surface area contributed by atoms with Gasteiger partial charge in [0.2, 0.25) is 0 Å². The smallest absolute Gasteiger partial charge is 0.0366 e. The Morgan fingerprint density at radius 3 is 2.56 bits per heavy atom. The van der Waals surface area contributed by atoms with Crippen molar-refractivity contribution in [1.82, 2.24) is 5.32 Å². The van der Waals surface area contributed by atoms with E-state index in [9.17, 15) is 0 Å². The standard InChI is InChI=1S/C16H24N2/c1-2-3-4-11-17-14-15-7-9-16(10-8-15)18-12-5-6-13-18/h2-3,7-10,17H,4-6,11-14H2,1H3/b3-2+. The molecule has 0 spiro atoms. The van der Waals surface area contributed by atoms with Gasteiger partial charge in [0.1, 0.15) is 0 Å². The number of hydrogen-bond acceptors (Lipinski definition) is 2. The Morgan fingerprint density at radius 1 is 1.17 bits per heavy atom. The van der Waals surface area contributed by atoms with E-state index < -0.39 is 0 Å². The highest BCUT2D eigenvalue weighted by Crippen LogP contribution is 2.20. The molecule has 1 aromatic carbocycles. The summed E-state index contributed by atoms with van der Waals surface area (Å²) in [5.74, 6) is 0. The molecule has 1 saturated heterocycles. The van der Waals surface area contributed by atoms with Crippen LogP contribution in [0.15, 0.2) is 36.4 Å². The lowest BCUT2D eigenvalue weighted by atomic mass is 10.2. The van der Waals surface area contributed by atoms with Crippen LogP contribution in [0.25, 0.3) is 0 Å². The summed E-state index contributed by atoms with van der Waals surface area (Å²) < 4.78 is 0. The van der Waals surface area contributed by atoms with E-state index in [4.69, 9.17) is 0 Å². The summed E-state index contributed by atoms with van der Waals surface area (Å²) in [5, 5.41) is 3.46. The predicted octanol–water partition coefficient (Wildman–Crippen LogP) is 3.34. The Balaban J connectivity index is 1.76. The minimum Gasteiger partial charge on any atom is -0.372 e. The SMILES string of the molecule is C/C=C/CCNCc1ccc(N2CCCC2)cc1. The third-order valence-corrected chi connectivity index (χ3v) is 3.46. The van der Waals surface area contributed by atoms with Gasteiger partial charge in [-0.05, 0) is 50.4 Å². The average molecular weight is 244 g/mol. The van der Waals surface area contributed by atoms with Crippen molar-refractivity contribution in [2.45, 2.75) is 32.7 Å². The van der Waals surface area contributed by atoms with Crippen LogP contribution in [0.4, 0.5) is 5.69 Å². The van der Waals surface area contributed by atoms with Gasteiger partial charge in [-0.3, -0.25) is 0 Å². The van der Waals surface area contributed by atoms with Crippen LogP contribution in [-0.4, -0.2) is 19.6 Å². The van der Waals surface area contributed by atoms with Crippen LogP contribution >= 0.6 is 0 Å². The van der Waals surface area contributed by atoms with Crippen molar-refractivity contribution in [3.8, 4) is 0 Å². The van der Waals surface area contributed by atoms with Gasteiger partial charge in [0.25, 0.3) is 0 Å². The van der Waals surface area contributed by atoms with Crippen LogP contribution in [-0.2, 0) is 6.54 Å². The van der Waals surface area contributed by atoms with Crippen molar-refractivity contribution in [2.24, 2.45) is 0 Å². The minimum absolute atomic E-state index is 0.970. The van der Waals surface area contributed by atoms with Gasteiger partial charge in [0.05, 0.1) is 0 Å². The molecule has 0 amide bonds. The third kappa shape index (κ3) is 3.88. The molecule has 1 fully saturated rings. The summed E-state index contributed by atoms with van der Waals surface area (Å²) in [7, 11) is 0. The summed E-state index contributed by atoms with van der Waals surface area (Å²) >= 11 is 0. The van der Waals surface area contributed by atoms with Gasteiger partial charge in [-0.1, -0.05) is 24.3 Å². The molecule has 0 aromatic heterocycles. The fourth-order valence-electron chi connectivity index (χ4n) is 2.38. The van der Waals surface area contributed by atoms with Crippen molar-refractivity contribution >= 4 is 5.69 Å². The molecule has 1 aliphatic heterocycles. The van der Waals surface area contributed by atoms with Crippen LogP contribution in [0.5, 0.6) is 0 Å². The van der Waals surface area contributed by atoms with Crippen LogP contribution in [0.1, 0.15) is 31.7 Å². The maximum Gasteiger partial charge on any atom is 0.0366 e. The molecular weight excluding hydrogens is 220 g/mol. The number of benzene rings is 1. The van der Waals surface area contributed by atoms with Crippen molar-refractivity contribution in [3.63, 3.8) is 0 Å². The summed E-state index contributed by atoms with van der Waals surface area (Å²) in [6.45, 7) is 6.54. The molecule has 0 saturated carbocycles. The first-order valence-corrected chi connectivity index (χ1v) is 7.06. The van der Waals surface area contributed by atoms with Crippen LogP contribution in [0.3, 0.4) is 0 Å². The largest absolute Gasteiger partial charge is 0.372 e. The molecule has 0 radical (unpaired) electrons. The second-order valence-corrected chi connectivity index (χ2v) is 4.90. The maximum atomic E-state index is 3.46. The number of allylic oxidation sites excluding steroid dienone is 1. The number of rotatable bonds is 6. The molecule has 0 bridgehead atoms. The minimum atomic E-state index is 0.970. The van der Waals surface area contributed by atoms with E-state index in [1.54, 1.807) is 0 Å². The molecule has 2 rings (SSSR count). The fraction of sp³-hybridized carbons (Fsp3) is 0.500. The molecule has 0 atom stereocenters. The van der Waals surface area contributed by atoms with E-state index in [1.807, 2.05) is 0 Å². The van der Waals surface area contributed by atoms with Crippen molar-refractivity contribution in [2.75, 3.05) is 24.5 Å². The quantitative estimate of drug-likeness (QED) is 0.610. The molecular formula is C16H24N2. The van der Waals surface area contributed by atoms with Crippen molar-refractivity contribution in [1.29, 1.82) is 0 Å². The van der Waals surface area contributed by atoms with E-state index in [2.05, 4.69) is 53.6 Å². The zero-order valence-electron chi connectivity index (χ0n) is 11.4. The van der Waals surface area contributed by atoms with Gasteiger partial charge >= 0.3 is 0 Å². The Labute approximate surface area is 111 Å². The lowest BCUT2D eigenvalue weighted by Crippen LogP contribution is -2.18. The van der Waals surface area contributed by atoms with Crippen LogP contribution in [0, 0.1) is 0 Å². The van der Waals surface area contributed by atoms with Gasteiger partial charge < -0.3 is 10.2 Å². The van der Waals surface area contributed by atoms with Crippen LogP contribution < -0.4 is 10.2 Å². The Bertz CT molecular complexity index is 361. The number of anilines is 1. The lowest BCUT2D eigenvalue weighted by molar-refractivity contribution is 0.695. The fourth-order valence-corrected chi connectivity index (χ4v) is 2.38. The molecule has 0 aliphatic carbocycles. The van der Waals surface area contributed by atoms with Gasteiger partial charge in [0.15, 0.2) is 0 Å². The molecule has 1 aromatic rings. The molecule has 1 aliphatic rings. The average Bonchev–Trinajstić information content (AvgIpc) is 2.93. The number of hydrogen-bond donors (Lipinski definition) is 1. The molecule has 1 N–H and O–H groups in total. The Morgan fingerprint density at radius 2 is 1.89 bits per heavy atom. The third-order valence-electron chi connectivity index (χ3n) is 3.46. The summed E-state index contributed by atoms with van der Waals surface area (Å²) in [5.41, 5.74) is 2.75. The predicted molar refractivity (Wildman–Crippen MR) is 79.0 cm³/mol. The van der Waals surface area contributed by atoms with Gasteiger partial charge in [0, 0.05) is 25.3 Å². The summed E-state index contributed by atoms with van der Waals surface area (Å²) in [6.07, 6.45) is 8.10. The second kappa shape index (κ2) is 7.22. The molecule has 0 unspecified atom stereocenters. The van der Waals surface area contributed by atoms with E-state index >= 15 is 0 Å². The normalized spacial score (nSPS) is 15.7. The van der Waals surface area contributed by atoms with Gasteiger partial charge in [-0.25, -0.2) is 0 Å². The monoisotopic (exact) mass is 244 g/mol. The number of nitrogens with one attached hydrogen (secondary N) is 1. The van der Waals surface area contributed by atoms with E-state index in [0.29, 0.717) is 0 Å². The van der Waals surface area contributed by atoms with Crippen molar-refractivity contribution in [3.05, 3.63) is 42.0 Å². The highest BCUT2D eigenvalue weighted by atomic mass is 15.1. The molecule has 98 valence electrons. The van der Waals surface area contributed by atoms with E-state index in [-0.39, 0.29) is 0 Å². The molecule has 1 heterocycles.